The molecule has 0 aromatic heterocycles. The second-order valence-corrected chi connectivity index (χ2v) is 5.74. The molecule has 0 aromatic carbocycles. The van der Waals surface area contributed by atoms with Gasteiger partial charge in [0.1, 0.15) is 6.04 Å². The smallest absolute Gasteiger partial charge is 0.320 e. The van der Waals surface area contributed by atoms with Gasteiger partial charge in [0.15, 0.2) is 0 Å². The fraction of sp³-hybridized carbons (Fsp3) is 0.929. The molecule has 0 aromatic rings. The highest BCUT2D eigenvalue weighted by molar-refractivity contribution is 5.73. The minimum absolute atomic E-state index is 0.220. The number of hydrogen-bond acceptors (Lipinski definition) is 3. The van der Waals surface area contributed by atoms with E-state index >= 15 is 0 Å². The number of carbonyl (C=O) groups is 1. The highest BCUT2D eigenvalue weighted by Crippen LogP contribution is 2.20. The number of nitrogens with zero attached hydrogens (tertiary/aromatic N) is 1. The van der Waals surface area contributed by atoms with Crippen LogP contribution < -0.4 is 5.32 Å². The SMILES string of the molecule is CCCC1CCN(CCC(NC(C)C)C(=O)O)C1. The van der Waals surface area contributed by atoms with E-state index in [1.165, 1.54) is 19.3 Å². The summed E-state index contributed by atoms with van der Waals surface area (Å²) in [6.45, 7) is 9.40. The zero-order valence-electron chi connectivity index (χ0n) is 12.0. The van der Waals surface area contributed by atoms with Crippen molar-refractivity contribution < 1.29 is 9.90 Å². The highest BCUT2D eigenvalue weighted by Gasteiger charge is 2.24. The van der Waals surface area contributed by atoms with E-state index in [0.29, 0.717) is 6.42 Å². The Labute approximate surface area is 111 Å². The van der Waals surface area contributed by atoms with Crippen molar-refractivity contribution in [3.63, 3.8) is 0 Å². The molecule has 1 aliphatic heterocycles. The summed E-state index contributed by atoms with van der Waals surface area (Å²) < 4.78 is 0. The van der Waals surface area contributed by atoms with Gasteiger partial charge in [-0.05, 0) is 31.7 Å². The Kier molecular flexibility index (Phi) is 6.65. The zero-order chi connectivity index (χ0) is 13.5. The molecule has 0 radical (unpaired) electrons. The van der Waals surface area contributed by atoms with Crippen molar-refractivity contribution in [3.8, 4) is 0 Å². The molecule has 18 heavy (non-hydrogen) atoms. The van der Waals surface area contributed by atoms with Crippen LogP contribution in [0.3, 0.4) is 0 Å². The zero-order valence-corrected chi connectivity index (χ0v) is 12.0. The van der Waals surface area contributed by atoms with Gasteiger partial charge in [-0.25, -0.2) is 0 Å². The maximum atomic E-state index is 11.1. The molecule has 0 bridgehead atoms. The average molecular weight is 256 g/mol. The quantitative estimate of drug-likeness (QED) is 0.697. The second kappa shape index (κ2) is 7.74. The lowest BCUT2D eigenvalue weighted by Gasteiger charge is -2.21. The Hall–Kier alpha value is -0.610. The van der Waals surface area contributed by atoms with Gasteiger partial charge in [-0.1, -0.05) is 27.2 Å². The third kappa shape index (κ3) is 5.36. The lowest BCUT2D eigenvalue weighted by atomic mass is 10.0. The minimum atomic E-state index is -0.729. The molecule has 2 unspecified atom stereocenters. The second-order valence-electron chi connectivity index (χ2n) is 5.74. The van der Waals surface area contributed by atoms with Gasteiger partial charge in [0.05, 0.1) is 0 Å². The van der Waals surface area contributed by atoms with Gasteiger partial charge in [-0.3, -0.25) is 4.79 Å². The van der Waals surface area contributed by atoms with Gasteiger partial charge >= 0.3 is 5.97 Å². The number of likely N-dealkylation sites (tertiary alicyclic amines) is 1. The summed E-state index contributed by atoms with van der Waals surface area (Å²) in [7, 11) is 0. The largest absolute Gasteiger partial charge is 0.480 e. The van der Waals surface area contributed by atoms with Crippen molar-refractivity contribution in [1.29, 1.82) is 0 Å². The number of nitrogens with one attached hydrogen (secondary N) is 1. The Morgan fingerprint density at radius 2 is 2.22 bits per heavy atom. The van der Waals surface area contributed by atoms with Crippen LogP contribution in [0.5, 0.6) is 0 Å². The van der Waals surface area contributed by atoms with E-state index in [9.17, 15) is 4.79 Å². The van der Waals surface area contributed by atoms with Crippen molar-refractivity contribution in [2.75, 3.05) is 19.6 Å². The monoisotopic (exact) mass is 256 g/mol. The first-order valence-corrected chi connectivity index (χ1v) is 7.24. The van der Waals surface area contributed by atoms with Crippen molar-refractivity contribution in [3.05, 3.63) is 0 Å². The van der Waals surface area contributed by atoms with Crippen molar-refractivity contribution in [1.82, 2.24) is 10.2 Å². The molecule has 0 aliphatic carbocycles. The first-order chi connectivity index (χ1) is 8.52. The summed E-state index contributed by atoms with van der Waals surface area (Å²) in [5, 5.41) is 12.3. The topological polar surface area (TPSA) is 52.6 Å². The third-order valence-corrected chi connectivity index (χ3v) is 3.63. The van der Waals surface area contributed by atoms with Crippen LogP contribution in [-0.4, -0.2) is 47.7 Å². The number of rotatable bonds is 8. The summed E-state index contributed by atoms with van der Waals surface area (Å²) in [5.74, 6) is 0.101. The standard InChI is InChI=1S/C14H28N2O2/c1-4-5-12-6-8-16(10-12)9-7-13(14(17)18)15-11(2)3/h11-13,15H,4-10H2,1-3H3,(H,17,18). The predicted octanol–water partition coefficient (Wildman–Crippen LogP) is 1.95. The van der Waals surface area contributed by atoms with Crippen LogP contribution in [0.2, 0.25) is 0 Å². The molecule has 0 spiro atoms. The van der Waals surface area contributed by atoms with Gasteiger partial charge < -0.3 is 15.3 Å². The maximum Gasteiger partial charge on any atom is 0.320 e. The molecule has 106 valence electrons. The summed E-state index contributed by atoms with van der Waals surface area (Å²) in [4.78, 5) is 13.5. The Morgan fingerprint density at radius 1 is 1.50 bits per heavy atom. The molecule has 1 heterocycles. The van der Waals surface area contributed by atoms with E-state index in [-0.39, 0.29) is 6.04 Å². The van der Waals surface area contributed by atoms with E-state index in [1.54, 1.807) is 0 Å². The van der Waals surface area contributed by atoms with E-state index in [2.05, 4.69) is 17.1 Å². The summed E-state index contributed by atoms with van der Waals surface area (Å²) >= 11 is 0. The lowest BCUT2D eigenvalue weighted by molar-refractivity contribution is -0.139. The van der Waals surface area contributed by atoms with Crippen LogP contribution in [0.1, 0.15) is 46.5 Å². The van der Waals surface area contributed by atoms with Crippen LogP contribution in [0.25, 0.3) is 0 Å². The van der Waals surface area contributed by atoms with Crippen molar-refractivity contribution >= 4 is 5.97 Å². The highest BCUT2D eigenvalue weighted by atomic mass is 16.4. The summed E-state index contributed by atoms with van der Waals surface area (Å²) in [6, 6.07) is -0.187. The molecule has 4 nitrogen and oxygen atoms in total. The van der Waals surface area contributed by atoms with E-state index in [1.807, 2.05) is 13.8 Å². The molecular weight excluding hydrogens is 228 g/mol. The first-order valence-electron chi connectivity index (χ1n) is 7.24. The van der Waals surface area contributed by atoms with Crippen LogP contribution in [0.4, 0.5) is 0 Å². The van der Waals surface area contributed by atoms with Crippen LogP contribution in [0.15, 0.2) is 0 Å². The normalized spacial score (nSPS) is 22.6. The molecule has 0 amide bonds. The number of hydrogen-bond donors (Lipinski definition) is 2. The maximum absolute atomic E-state index is 11.1. The summed E-state index contributed by atoms with van der Waals surface area (Å²) in [6.07, 6.45) is 4.55. The van der Waals surface area contributed by atoms with Gasteiger partial charge in [-0.2, -0.15) is 0 Å². The number of carboxylic acid groups (broad SMARTS) is 1. The number of aliphatic carboxylic acids is 1. The third-order valence-electron chi connectivity index (χ3n) is 3.63. The molecule has 1 saturated heterocycles. The lowest BCUT2D eigenvalue weighted by Crippen LogP contribution is -2.43. The molecule has 1 fully saturated rings. The molecule has 0 saturated carbocycles. The van der Waals surface area contributed by atoms with Crippen molar-refractivity contribution in [2.45, 2.75) is 58.5 Å². The molecule has 2 N–H and O–H groups in total. The van der Waals surface area contributed by atoms with E-state index in [0.717, 1.165) is 25.6 Å². The van der Waals surface area contributed by atoms with Crippen LogP contribution >= 0.6 is 0 Å². The van der Waals surface area contributed by atoms with Gasteiger partial charge in [-0.15, -0.1) is 0 Å². The molecular formula is C14H28N2O2. The molecule has 4 heteroatoms. The Bertz CT molecular complexity index is 256. The molecule has 1 aliphatic rings. The average Bonchev–Trinajstić information content (AvgIpc) is 2.72. The minimum Gasteiger partial charge on any atom is -0.480 e. The summed E-state index contributed by atoms with van der Waals surface area (Å²) in [5.41, 5.74) is 0. The predicted molar refractivity (Wildman–Crippen MR) is 73.8 cm³/mol. The van der Waals surface area contributed by atoms with Crippen LogP contribution in [-0.2, 0) is 4.79 Å². The van der Waals surface area contributed by atoms with Gasteiger partial charge in [0.25, 0.3) is 0 Å². The Morgan fingerprint density at radius 3 is 2.78 bits per heavy atom. The van der Waals surface area contributed by atoms with Gasteiger partial charge in [0, 0.05) is 19.1 Å². The fourth-order valence-electron chi connectivity index (χ4n) is 2.75. The number of carboxylic acids is 1. The fourth-order valence-corrected chi connectivity index (χ4v) is 2.75. The van der Waals surface area contributed by atoms with E-state index in [4.69, 9.17) is 5.11 Å². The molecule has 2 atom stereocenters. The molecule has 1 rings (SSSR count). The van der Waals surface area contributed by atoms with E-state index < -0.39 is 12.0 Å². The Balaban J connectivity index is 2.28. The van der Waals surface area contributed by atoms with Crippen molar-refractivity contribution in [2.24, 2.45) is 5.92 Å². The van der Waals surface area contributed by atoms with Crippen LogP contribution in [0, 0.1) is 5.92 Å². The first kappa shape index (κ1) is 15.4. The van der Waals surface area contributed by atoms with Gasteiger partial charge in [0.2, 0.25) is 0 Å².